The fraction of sp³-hybridized carbons (Fsp3) is 0.727. The minimum absolute atomic E-state index is 0.0850. The predicted molar refractivity (Wildman–Crippen MR) is 111 cm³/mol. The van der Waals surface area contributed by atoms with Crippen molar-refractivity contribution in [1.29, 1.82) is 0 Å². The van der Waals surface area contributed by atoms with Gasteiger partial charge in [0.1, 0.15) is 5.76 Å². The first kappa shape index (κ1) is 24.7. The molecule has 0 spiro atoms. The van der Waals surface area contributed by atoms with E-state index in [1.54, 1.807) is 0 Å². The summed E-state index contributed by atoms with van der Waals surface area (Å²) in [6.07, 6.45) is 12.9. The van der Waals surface area contributed by atoms with Crippen molar-refractivity contribution in [3.63, 3.8) is 0 Å². The van der Waals surface area contributed by atoms with Gasteiger partial charge >= 0.3 is 0 Å². The van der Waals surface area contributed by atoms with E-state index < -0.39 is 0 Å². The molecule has 1 aliphatic heterocycles. The number of hydrogen-bond acceptors (Lipinski definition) is 4. The second-order valence-corrected chi connectivity index (χ2v) is 6.41. The Balaban J connectivity index is 0.000000920. The Morgan fingerprint density at radius 2 is 1.81 bits per heavy atom. The normalized spacial score (nSPS) is 25.7. The molecule has 2 aliphatic rings. The van der Waals surface area contributed by atoms with Crippen LogP contribution in [-0.2, 0) is 9.47 Å². The number of ether oxygens (including phenoxy) is 2. The monoisotopic (exact) mass is 367 g/mol. The minimum Gasteiger partial charge on any atom is -0.473 e. The Kier molecular flexibility index (Phi) is 14.1. The maximum absolute atomic E-state index is 9.68. The number of aliphatic hydroxyl groups is 1. The van der Waals surface area contributed by atoms with E-state index in [1.165, 1.54) is 0 Å². The molecule has 3 atom stereocenters. The molecule has 152 valence electrons. The molecule has 1 unspecified atom stereocenters. The average molecular weight is 368 g/mol. The summed E-state index contributed by atoms with van der Waals surface area (Å²) in [5, 5.41) is 9.68. The van der Waals surface area contributed by atoms with Gasteiger partial charge in [-0.1, -0.05) is 38.2 Å². The molecule has 4 heteroatoms. The molecule has 1 aliphatic carbocycles. The van der Waals surface area contributed by atoms with Crippen LogP contribution in [-0.4, -0.2) is 42.1 Å². The van der Waals surface area contributed by atoms with Crippen LogP contribution in [0.1, 0.15) is 73.6 Å². The number of hydrogen-bond donors (Lipinski definition) is 1. The zero-order valence-electron chi connectivity index (χ0n) is 18.0. The number of aliphatic hydroxyl groups excluding tert-OH is 1. The lowest BCUT2D eigenvalue weighted by molar-refractivity contribution is -0.0129. The quantitative estimate of drug-likeness (QED) is 0.661. The standard InChI is InChI=1S/C16H27NO3.C4H8.C2H6/c1-4-5-9-16-17(3)15(12(2)20-16)11-19-14-8-6-7-13(18)10-14;1-3-4-2;1-2/h4-5,13-14,16,18H,6-11H2,1-3H3;3-4H,1-2H3;1-2H3/b5-4-;4-3+;/t13-,14+,16?;;/m1../s1. The van der Waals surface area contributed by atoms with Crippen molar-refractivity contribution in [3.05, 3.63) is 35.8 Å². The third kappa shape index (κ3) is 8.91. The summed E-state index contributed by atoms with van der Waals surface area (Å²) in [5.74, 6) is 0.957. The molecule has 1 heterocycles. The van der Waals surface area contributed by atoms with E-state index in [0.29, 0.717) is 6.61 Å². The van der Waals surface area contributed by atoms with E-state index in [9.17, 15) is 5.11 Å². The largest absolute Gasteiger partial charge is 0.473 e. The summed E-state index contributed by atoms with van der Waals surface area (Å²) in [6, 6.07) is 0. The van der Waals surface area contributed by atoms with Gasteiger partial charge in [0.2, 0.25) is 0 Å². The van der Waals surface area contributed by atoms with Crippen molar-refractivity contribution in [2.75, 3.05) is 13.7 Å². The van der Waals surface area contributed by atoms with Gasteiger partial charge in [0, 0.05) is 13.5 Å². The van der Waals surface area contributed by atoms with Crippen LogP contribution in [0.15, 0.2) is 35.8 Å². The second kappa shape index (κ2) is 14.9. The van der Waals surface area contributed by atoms with Gasteiger partial charge in [0.05, 0.1) is 24.5 Å². The van der Waals surface area contributed by atoms with E-state index in [4.69, 9.17) is 9.47 Å². The van der Waals surface area contributed by atoms with Gasteiger partial charge in [-0.15, -0.1) is 0 Å². The maximum atomic E-state index is 9.68. The third-order valence-electron chi connectivity index (χ3n) is 4.54. The van der Waals surface area contributed by atoms with E-state index in [-0.39, 0.29) is 18.4 Å². The molecule has 1 saturated carbocycles. The van der Waals surface area contributed by atoms with Crippen molar-refractivity contribution in [2.45, 2.75) is 92.1 Å². The Morgan fingerprint density at radius 1 is 1.15 bits per heavy atom. The lowest BCUT2D eigenvalue weighted by Gasteiger charge is -2.27. The molecule has 4 nitrogen and oxygen atoms in total. The predicted octanol–water partition coefficient (Wildman–Crippen LogP) is 5.40. The summed E-state index contributed by atoms with van der Waals surface area (Å²) in [5.41, 5.74) is 1.12. The van der Waals surface area contributed by atoms with Crippen molar-refractivity contribution >= 4 is 0 Å². The summed E-state index contributed by atoms with van der Waals surface area (Å²) in [6.45, 7) is 12.6. The lowest BCUT2D eigenvalue weighted by Crippen LogP contribution is -2.31. The zero-order valence-corrected chi connectivity index (χ0v) is 18.0. The molecule has 0 bridgehead atoms. The summed E-state index contributed by atoms with van der Waals surface area (Å²) in [4.78, 5) is 2.16. The van der Waals surface area contributed by atoms with Gasteiger partial charge in [-0.3, -0.25) is 0 Å². The van der Waals surface area contributed by atoms with Crippen molar-refractivity contribution in [1.82, 2.24) is 4.90 Å². The SMILES string of the molecule is C/C=C/C.C/C=C\CC1OC(C)=C(CO[C@H]2CCC[C@@H](O)C2)N1C.CC. The number of nitrogens with zero attached hydrogens (tertiary/aromatic N) is 1. The second-order valence-electron chi connectivity index (χ2n) is 6.41. The zero-order chi connectivity index (χ0) is 19.9. The van der Waals surface area contributed by atoms with E-state index in [1.807, 2.05) is 59.8 Å². The van der Waals surface area contributed by atoms with Gasteiger partial charge < -0.3 is 19.5 Å². The molecular formula is C22H41NO3. The van der Waals surface area contributed by atoms with Crippen LogP contribution >= 0.6 is 0 Å². The maximum Gasteiger partial charge on any atom is 0.175 e. The molecule has 1 N–H and O–H groups in total. The van der Waals surface area contributed by atoms with E-state index in [0.717, 1.165) is 43.6 Å². The number of allylic oxidation sites excluding steroid dienone is 4. The van der Waals surface area contributed by atoms with Gasteiger partial charge in [-0.25, -0.2) is 0 Å². The molecule has 0 saturated heterocycles. The number of likely N-dealkylation sites (N-methyl/N-ethyl adjacent to an activating group) is 1. The third-order valence-corrected chi connectivity index (χ3v) is 4.54. The molecular weight excluding hydrogens is 326 g/mol. The van der Waals surface area contributed by atoms with Gasteiger partial charge in [0.25, 0.3) is 0 Å². The molecule has 2 rings (SSSR count). The Hall–Kier alpha value is -1.26. The summed E-state index contributed by atoms with van der Waals surface area (Å²) < 4.78 is 11.8. The average Bonchev–Trinajstić information content (AvgIpc) is 2.93. The van der Waals surface area contributed by atoms with Crippen LogP contribution in [0.2, 0.25) is 0 Å². The van der Waals surface area contributed by atoms with Crippen LogP contribution in [0.3, 0.4) is 0 Å². The highest BCUT2D eigenvalue weighted by atomic mass is 16.5. The molecule has 0 radical (unpaired) electrons. The molecule has 1 fully saturated rings. The highest BCUT2D eigenvalue weighted by molar-refractivity contribution is 5.12. The molecule has 0 amide bonds. The summed E-state index contributed by atoms with van der Waals surface area (Å²) in [7, 11) is 2.05. The Bertz CT molecular complexity index is 439. The Labute approximate surface area is 161 Å². The molecule has 0 aromatic rings. The number of rotatable bonds is 5. The minimum atomic E-state index is -0.191. The van der Waals surface area contributed by atoms with Gasteiger partial charge in [-0.2, -0.15) is 0 Å². The van der Waals surface area contributed by atoms with Crippen LogP contribution in [0.25, 0.3) is 0 Å². The van der Waals surface area contributed by atoms with Gasteiger partial charge in [0.15, 0.2) is 6.23 Å². The van der Waals surface area contributed by atoms with Crippen molar-refractivity contribution < 1.29 is 14.6 Å². The van der Waals surface area contributed by atoms with E-state index in [2.05, 4.69) is 18.0 Å². The smallest absolute Gasteiger partial charge is 0.175 e. The van der Waals surface area contributed by atoms with E-state index >= 15 is 0 Å². The van der Waals surface area contributed by atoms with Crippen LogP contribution < -0.4 is 0 Å². The fourth-order valence-electron chi connectivity index (χ4n) is 2.90. The first-order chi connectivity index (χ1) is 12.5. The lowest BCUT2D eigenvalue weighted by atomic mass is 9.95. The molecule has 26 heavy (non-hydrogen) atoms. The topological polar surface area (TPSA) is 41.9 Å². The molecule has 0 aromatic carbocycles. The molecule has 0 aromatic heterocycles. The van der Waals surface area contributed by atoms with Crippen molar-refractivity contribution in [2.24, 2.45) is 0 Å². The first-order valence-electron chi connectivity index (χ1n) is 10.1. The van der Waals surface area contributed by atoms with Crippen LogP contribution in [0.5, 0.6) is 0 Å². The Morgan fingerprint density at radius 3 is 2.35 bits per heavy atom. The highest BCUT2D eigenvalue weighted by Crippen LogP contribution is 2.28. The van der Waals surface area contributed by atoms with Crippen LogP contribution in [0, 0.1) is 0 Å². The highest BCUT2D eigenvalue weighted by Gasteiger charge is 2.29. The fourth-order valence-corrected chi connectivity index (χ4v) is 2.90. The van der Waals surface area contributed by atoms with Crippen molar-refractivity contribution in [3.8, 4) is 0 Å². The van der Waals surface area contributed by atoms with Crippen LogP contribution in [0.4, 0.5) is 0 Å². The summed E-state index contributed by atoms with van der Waals surface area (Å²) >= 11 is 0. The first-order valence-corrected chi connectivity index (χ1v) is 10.1. The van der Waals surface area contributed by atoms with Gasteiger partial charge in [-0.05, 0) is 53.4 Å².